The summed E-state index contributed by atoms with van der Waals surface area (Å²) in [7, 11) is 0. The topological polar surface area (TPSA) is 86.8 Å². The molecule has 0 aliphatic carbocycles. The Morgan fingerprint density at radius 2 is 1.97 bits per heavy atom. The lowest BCUT2D eigenvalue weighted by Crippen LogP contribution is -2.70. The number of ether oxygens (including phenoxy) is 1. The minimum absolute atomic E-state index is 0.159. The number of fused-ring (bicyclic) bond motifs is 3. The van der Waals surface area contributed by atoms with Crippen molar-refractivity contribution < 1.29 is 9.53 Å². The molecule has 6 heterocycles. The van der Waals surface area contributed by atoms with Crippen LogP contribution in [0.5, 0.6) is 0 Å². The molecule has 3 aromatic rings. The molecule has 0 N–H and O–H groups in total. The fourth-order valence-corrected chi connectivity index (χ4v) is 4.70. The highest BCUT2D eigenvalue weighted by Gasteiger charge is 2.49. The summed E-state index contributed by atoms with van der Waals surface area (Å²) in [4.78, 5) is 21.3. The van der Waals surface area contributed by atoms with E-state index < -0.39 is 5.60 Å². The van der Waals surface area contributed by atoms with Crippen LogP contribution in [-0.2, 0) is 4.74 Å². The van der Waals surface area contributed by atoms with E-state index in [1.807, 2.05) is 57.1 Å². The van der Waals surface area contributed by atoms with Crippen LogP contribution >= 0.6 is 0 Å². The van der Waals surface area contributed by atoms with E-state index in [2.05, 4.69) is 22.1 Å². The molecule has 8 nitrogen and oxygen atoms in total. The van der Waals surface area contributed by atoms with Crippen LogP contribution in [-0.4, -0.2) is 56.4 Å². The zero-order chi connectivity index (χ0) is 22.6. The summed E-state index contributed by atoms with van der Waals surface area (Å²) in [5.74, 6) is 0.893. The third-order valence-corrected chi connectivity index (χ3v) is 6.05. The first-order chi connectivity index (χ1) is 15.2. The van der Waals surface area contributed by atoms with Gasteiger partial charge in [0.2, 0.25) is 0 Å². The van der Waals surface area contributed by atoms with Gasteiger partial charge >= 0.3 is 6.09 Å². The van der Waals surface area contributed by atoms with E-state index in [1.54, 1.807) is 10.7 Å². The van der Waals surface area contributed by atoms with Crippen LogP contribution in [0.4, 0.5) is 10.6 Å². The Balaban J connectivity index is 1.35. The monoisotopic (exact) mass is 430 g/mol. The molecule has 0 aromatic carbocycles. The van der Waals surface area contributed by atoms with E-state index in [0.717, 1.165) is 47.5 Å². The number of hydrogen-bond donors (Lipinski definition) is 0. The highest BCUT2D eigenvalue weighted by molar-refractivity contribution is 5.84. The lowest BCUT2D eigenvalue weighted by Gasteiger charge is -2.56. The van der Waals surface area contributed by atoms with E-state index >= 15 is 0 Å². The number of aryl methyl sites for hydroxylation is 1. The molecular weight excluding hydrogens is 404 g/mol. The number of piperidine rings is 1. The lowest BCUT2D eigenvalue weighted by molar-refractivity contribution is -0.0380. The number of pyridine rings is 2. The van der Waals surface area contributed by atoms with Gasteiger partial charge in [0.15, 0.2) is 0 Å². The van der Waals surface area contributed by atoms with Gasteiger partial charge in [-0.25, -0.2) is 14.3 Å². The highest BCUT2D eigenvalue weighted by atomic mass is 16.6. The summed E-state index contributed by atoms with van der Waals surface area (Å²) in [5.41, 5.74) is 3.79. The van der Waals surface area contributed by atoms with Gasteiger partial charge in [-0.1, -0.05) is 0 Å². The van der Waals surface area contributed by atoms with E-state index in [9.17, 15) is 10.1 Å². The van der Waals surface area contributed by atoms with Crippen LogP contribution in [0.3, 0.4) is 0 Å². The number of hydrogen-bond acceptors (Lipinski definition) is 6. The number of rotatable bonds is 2. The van der Waals surface area contributed by atoms with E-state index in [0.29, 0.717) is 5.56 Å². The maximum absolute atomic E-state index is 12.5. The number of piperazine rings is 1. The van der Waals surface area contributed by atoms with Crippen LogP contribution in [0.2, 0.25) is 0 Å². The Morgan fingerprint density at radius 1 is 1.22 bits per heavy atom. The van der Waals surface area contributed by atoms with Gasteiger partial charge in [0.25, 0.3) is 0 Å². The van der Waals surface area contributed by atoms with Gasteiger partial charge in [-0.05, 0) is 57.9 Å². The molecule has 3 fully saturated rings. The van der Waals surface area contributed by atoms with Crippen LogP contribution in [0, 0.1) is 18.3 Å². The van der Waals surface area contributed by atoms with Crippen molar-refractivity contribution in [3.05, 3.63) is 47.9 Å². The molecule has 1 amide bonds. The molecular formula is C24H26N6O2. The zero-order valence-corrected chi connectivity index (χ0v) is 18.7. The fraction of sp³-hybridized carbons (Fsp3) is 0.417. The van der Waals surface area contributed by atoms with Gasteiger partial charge in [0.05, 0.1) is 29.4 Å². The molecule has 3 aliphatic heterocycles. The maximum atomic E-state index is 12.5. The number of nitriles is 1. The van der Waals surface area contributed by atoms with E-state index in [1.165, 1.54) is 0 Å². The van der Waals surface area contributed by atoms with Crippen LogP contribution in [0.15, 0.2) is 36.8 Å². The van der Waals surface area contributed by atoms with Crippen molar-refractivity contribution in [2.45, 2.75) is 51.8 Å². The number of anilines is 1. The third-order valence-electron chi connectivity index (χ3n) is 6.05. The predicted molar refractivity (Wildman–Crippen MR) is 120 cm³/mol. The molecule has 6 rings (SSSR count). The second-order valence-electron chi connectivity index (χ2n) is 9.64. The molecule has 164 valence electrons. The van der Waals surface area contributed by atoms with Crippen molar-refractivity contribution in [3.8, 4) is 17.2 Å². The molecule has 8 heteroatoms. The van der Waals surface area contributed by atoms with Gasteiger partial charge in [0, 0.05) is 36.6 Å². The first-order valence-electron chi connectivity index (χ1n) is 10.8. The lowest BCUT2D eigenvalue weighted by atomic mass is 9.88. The van der Waals surface area contributed by atoms with Crippen LogP contribution in [0.25, 0.3) is 16.6 Å². The van der Waals surface area contributed by atoms with Crippen molar-refractivity contribution >= 4 is 17.4 Å². The van der Waals surface area contributed by atoms with Crippen molar-refractivity contribution in [3.63, 3.8) is 0 Å². The number of carbonyl (C=O) groups excluding carboxylic acids is 1. The van der Waals surface area contributed by atoms with Gasteiger partial charge < -0.3 is 9.64 Å². The van der Waals surface area contributed by atoms with E-state index in [4.69, 9.17) is 9.72 Å². The number of carbonyl (C=O) groups is 1. The standard InChI is InChI=1S/C24H26N6O2/c1-15-7-20(22-17(9-25)11-27-29(22)12-15)16-5-6-21(26-10-16)28-13-18-8-19(14-28)30(18)23(31)32-24(2,3)4/h5-7,10-12,18-19H,8,13-14H2,1-4H3. The van der Waals surface area contributed by atoms with Gasteiger partial charge in [-0.15, -0.1) is 0 Å². The SMILES string of the molecule is Cc1cc(-c2ccc(N3CC4CC(C3)N4C(=O)OC(C)(C)C)nc2)c2c(C#N)cnn2c1. The largest absolute Gasteiger partial charge is 0.444 e. The molecule has 2 unspecified atom stereocenters. The van der Waals surface area contributed by atoms with Crippen molar-refractivity contribution in [1.29, 1.82) is 5.26 Å². The molecule has 3 aromatic heterocycles. The van der Waals surface area contributed by atoms with Gasteiger partial charge in [0.1, 0.15) is 17.5 Å². The normalized spacial score (nSPS) is 20.1. The average molecular weight is 431 g/mol. The summed E-state index contributed by atoms with van der Waals surface area (Å²) in [6.45, 7) is 9.18. The van der Waals surface area contributed by atoms with Gasteiger partial charge in [-0.2, -0.15) is 10.4 Å². The van der Waals surface area contributed by atoms with Crippen molar-refractivity contribution in [1.82, 2.24) is 19.5 Å². The Hall–Kier alpha value is -3.60. The molecule has 2 atom stereocenters. The van der Waals surface area contributed by atoms with Crippen LogP contribution in [0.1, 0.15) is 38.3 Å². The number of nitrogens with zero attached hydrogens (tertiary/aromatic N) is 6. The van der Waals surface area contributed by atoms with E-state index in [-0.39, 0.29) is 18.2 Å². The third kappa shape index (κ3) is 3.44. The summed E-state index contributed by atoms with van der Waals surface area (Å²) in [6, 6.07) is 8.65. The average Bonchev–Trinajstić information content (AvgIpc) is 3.14. The summed E-state index contributed by atoms with van der Waals surface area (Å²) in [5, 5.41) is 13.8. The first-order valence-corrected chi connectivity index (χ1v) is 10.8. The quantitative estimate of drug-likeness (QED) is 0.615. The smallest absolute Gasteiger partial charge is 0.410 e. The Morgan fingerprint density at radius 3 is 2.59 bits per heavy atom. The Bertz CT molecular complexity index is 1220. The zero-order valence-electron chi connectivity index (χ0n) is 18.7. The predicted octanol–water partition coefficient (Wildman–Crippen LogP) is 3.77. The minimum atomic E-state index is -0.486. The second kappa shape index (κ2) is 7.23. The number of amides is 1. The molecule has 0 saturated carbocycles. The molecule has 32 heavy (non-hydrogen) atoms. The summed E-state index contributed by atoms with van der Waals surface area (Å²) in [6.07, 6.45) is 6.14. The highest BCUT2D eigenvalue weighted by Crippen LogP contribution is 2.36. The molecule has 0 spiro atoms. The number of aromatic nitrogens is 3. The fourth-order valence-electron chi connectivity index (χ4n) is 4.70. The molecule has 3 saturated heterocycles. The Kier molecular flexibility index (Phi) is 4.59. The second-order valence-corrected chi connectivity index (χ2v) is 9.64. The van der Waals surface area contributed by atoms with Crippen molar-refractivity contribution in [2.75, 3.05) is 18.0 Å². The minimum Gasteiger partial charge on any atom is -0.444 e. The molecule has 0 radical (unpaired) electrons. The summed E-state index contributed by atoms with van der Waals surface area (Å²) < 4.78 is 7.31. The molecule has 3 aliphatic rings. The van der Waals surface area contributed by atoms with Crippen LogP contribution < -0.4 is 4.90 Å². The maximum Gasteiger partial charge on any atom is 0.410 e. The van der Waals surface area contributed by atoms with Crippen molar-refractivity contribution in [2.24, 2.45) is 0 Å². The summed E-state index contributed by atoms with van der Waals surface area (Å²) >= 11 is 0. The van der Waals surface area contributed by atoms with Gasteiger partial charge in [-0.3, -0.25) is 4.90 Å². The Labute approximate surface area is 187 Å². The molecule has 2 bridgehead atoms. The first kappa shape index (κ1) is 20.3.